The van der Waals surface area contributed by atoms with Gasteiger partial charge in [-0.2, -0.15) is 0 Å². The molecule has 2 N–H and O–H groups in total. The van der Waals surface area contributed by atoms with E-state index in [0.717, 1.165) is 39.0 Å². The lowest BCUT2D eigenvalue weighted by atomic mass is 10.1. The molecule has 1 aromatic carbocycles. The lowest BCUT2D eigenvalue weighted by molar-refractivity contribution is 0.185. The number of piperazine rings is 1. The van der Waals surface area contributed by atoms with Crippen LogP contribution in [0.25, 0.3) is 0 Å². The van der Waals surface area contributed by atoms with E-state index in [9.17, 15) is 4.79 Å². The summed E-state index contributed by atoms with van der Waals surface area (Å²) in [7, 11) is 0. The van der Waals surface area contributed by atoms with E-state index >= 15 is 0 Å². The third kappa shape index (κ3) is 2.20. The first-order valence-corrected chi connectivity index (χ1v) is 6.64. The lowest BCUT2D eigenvalue weighted by Gasteiger charge is -2.30. The highest BCUT2D eigenvalue weighted by atomic mass is 16.2. The second-order valence-electron chi connectivity index (χ2n) is 5.12. The number of carbonyl (C=O) groups is 1. The maximum Gasteiger partial charge on any atom is 0.318 e. The molecule has 1 aliphatic carbocycles. The number of urea groups is 1. The summed E-state index contributed by atoms with van der Waals surface area (Å²) >= 11 is 0. The fourth-order valence-corrected chi connectivity index (χ4v) is 2.52. The van der Waals surface area contributed by atoms with E-state index in [4.69, 9.17) is 0 Å². The van der Waals surface area contributed by atoms with Gasteiger partial charge in [-0.05, 0) is 18.4 Å². The molecule has 96 valence electrons. The summed E-state index contributed by atoms with van der Waals surface area (Å²) in [6, 6.07) is 10.4. The Bertz CT molecular complexity index is 422. The van der Waals surface area contributed by atoms with Crippen molar-refractivity contribution < 1.29 is 4.79 Å². The summed E-state index contributed by atoms with van der Waals surface area (Å²) in [5.74, 6) is 0. The number of nitrogens with one attached hydrogen (secondary N) is 2. The number of nitrogens with zero attached hydrogens (tertiary/aromatic N) is 1. The zero-order valence-corrected chi connectivity index (χ0v) is 10.5. The predicted molar refractivity (Wildman–Crippen MR) is 70.3 cm³/mol. The molecule has 0 atom stereocenters. The molecule has 18 heavy (non-hydrogen) atoms. The average Bonchev–Trinajstić information content (AvgIpc) is 3.22. The molecular formula is C14H19N3O. The van der Waals surface area contributed by atoms with E-state index in [1.807, 2.05) is 23.1 Å². The number of hydrogen-bond donors (Lipinski definition) is 2. The quantitative estimate of drug-likeness (QED) is 0.824. The number of rotatable bonds is 2. The molecule has 2 fully saturated rings. The van der Waals surface area contributed by atoms with Gasteiger partial charge in [0.1, 0.15) is 0 Å². The highest BCUT2D eigenvalue weighted by molar-refractivity contribution is 5.76. The molecule has 1 heterocycles. The van der Waals surface area contributed by atoms with Crippen molar-refractivity contribution >= 4 is 6.03 Å². The van der Waals surface area contributed by atoms with Crippen molar-refractivity contribution in [3.63, 3.8) is 0 Å². The van der Waals surface area contributed by atoms with E-state index in [2.05, 4.69) is 22.8 Å². The van der Waals surface area contributed by atoms with Crippen LogP contribution in [0.2, 0.25) is 0 Å². The maximum atomic E-state index is 12.2. The smallest absolute Gasteiger partial charge is 0.318 e. The van der Waals surface area contributed by atoms with Crippen molar-refractivity contribution in [1.29, 1.82) is 0 Å². The van der Waals surface area contributed by atoms with Gasteiger partial charge in [0, 0.05) is 26.2 Å². The summed E-state index contributed by atoms with van der Waals surface area (Å²) in [6.07, 6.45) is 2.10. The third-order valence-electron chi connectivity index (χ3n) is 3.83. The molecule has 2 amide bonds. The Kier molecular flexibility index (Phi) is 2.96. The molecule has 4 nitrogen and oxygen atoms in total. The van der Waals surface area contributed by atoms with Crippen LogP contribution < -0.4 is 10.6 Å². The van der Waals surface area contributed by atoms with Crippen LogP contribution in [0, 0.1) is 0 Å². The van der Waals surface area contributed by atoms with E-state index < -0.39 is 0 Å². The van der Waals surface area contributed by atoms with Crippen molar-refractivity contribution in [3.8, 4) is 0 Å². The number of benzene rings is 1. The van der Waals surface area contributed by atoms with Gasteiger partial charge in [0.15, 0.2) is 0 Å². The van der Waals surface area contributed by atoms with Crippen molar-refractivity contribution in [2.24, 2.45) is 0 Å². The molecular weight excluding hydrogens is 226 g/mol. The molecule has 0 spiro atoms. The van der Waals surface area contributed by atoms with Crippen molar-refractivity contribution in [2.75, 3.05) is 26.2 Å². The summed E-state index contributed by atoms with van der Waals surface area (Å²) in [5.41, 5.74) is 1.14. The summed E-state index contributed by atoms with van der Waals surface area (Å²) in [6.45, 7) is 3.39. The summed E-state index contributed by atoms with van der Waals surface area (Å²) in [4.78, 5) is 14.1. The van der Waals surface area contributed by atoms with Gasteiger partial charge >= 0.3 is 6.03 Å². The molecule has 0 bridgehead atoms. The minimum atomic E-state index is -0.0940. The van der Waals surface area contributed by atoms with E-state index in [-0.39, 0.29) is 11.6 Å². The number of amides is 2. The normalized spacial score (nSPS) is 21.4. The SMILES string of the molecule is O=C(NC1(c2ccccc2)CC1)N1CCNCC1. The maximum absolute atomic E-state index is 12.2. The van der Waals surface area contributed by atoms with Gasteiger partial charge in [-0.15, -0.1) is 0 Å². The standard InChI is InChI=1S/C14H19N3O/c18-13(17-10-8-15-9-11-17)16-14(6-7-14)12-4-2-1-3-5-12/h1-5,15H,6-11H2,(H,16,18). The second kappa shape index (κ2) is 4.61. The van der Waals surface area contributed by atoms with Crippen LogP contribution in [0.4, 0.5) is 4.79 Å². The fraction of sp³-hybridized carbons (Fsp3) is 0.500. The Morgan fingerprint density at radius 2 is 1.83 bits per heavy atom. The Balaban J connectivity index is 1.67. The zero-order valence-electron chi connectivity index (χ0n) is 10.5. The van der Waals surface area contributed by atoms with Crippen LogP contribution in [0.5, 0.6) is 0 Å². The Morgan fingerprint density at radius 1 is 1.17 bits per heavy atom. The molecule has 0 unspecified atom stereocenters. The monoisotopic (exact) mass is 245 g/mol. The van der Waals surface area contributed by atoms with Gasteiger partial charge in [-0.25, -0.2) is 4.79 Å². The number of carbonyl (C=O) groups excluding carboxylic acids is 1. The van der Waals surface area contributed by atoms with E-state index in [1.165, 1.54) is 5.56 Å². The molecule has 1 aliphatic heterocycles. The first-order chi connectivity index (χ1) is 8.80. The minimum Gasteiger partial charge on any atom is -0.328 e. The first-order valence-electron chi connectivity index (χ1n) is 6.64. The topological polar surface area (TPSA) is 44.4 Å². The van der Waals surface area contributed by atoms with Crippen LogP contribution in [0.1, 0.15) is 18.4 Å². The minimum absolute atomic E-state index is 0.0813. The molecule has 2 aliphatic rings. The summed E-state index contributed by atoms with van der Waals surface area (Å²) in [5, 5.41) is 6.47. The first kappa shape index (κ1) is 11.5. The van der Waals surface area contributed by atoms with Crippen LogP contribution in [0.3, 0.4) is 0 Å². The van der Waals surface area contributed by atoms with Gasteiger partial charge in [-0.3, -0.25) is 0 Å². The average molecular weight is 245 g/mol. The van der Waals surface area contributed by atoms with Crippen LogP contribution in [-0.2, 0) is 5.54 Å². The molecule has 0 aromatic heterocycles. The Hall–Kier alpha value is -1.55. The highest BCUT2D eigenvalue weighted by Gasteiger charge is 2.46. The van der Waals surface area contributed by atoms with Crippen molar-refractivity contribution in [1.82, 2.24) is 15.5 Å². The molecule has 1 aromatic rings. The summed E-state index contributed by atoms with van der Waals surface area (Å²) < 4.78 is 0. The molecule has 4 heteroatoms. The van der Waals surface area contributed by atoms with Crippen molar-refractivity contribution in [2.45, 2.75) is 18.4 Å². The lowest BCUT2D eigenvalue weighted by Crippen LogP contribution is -2.52. The zero-order chi connectivity index (χ0) is 12.4. The molecule has 0 radical (unpaired) electrons. The van der Waals surface area contributed by atoms with E-state index in [0.29, 0.717) is 0 Å². The number of hydrogen-bond acceptors (Lipinski definition) is 2. The van der Waals surface area contributed by atoms with Gasteiger partial charge in [0.25, 0.3) is 0 Å². The Morgan fingerprint density at radius 3 is 2.44 bits per heavy atom. The Labute approximate surface area is 107 Å². The van der Waals surface area contributed by atoms with Gasteiger partial charge in [-0.1, -0.05) is 30.3 Å². The van der Waals surface area contributed by atoms with Crippen LogP contribution >= 0.6 is 0 Å². The van der Waals surface area contributed by atoms with Gasteiger partial charge in [0.05, 0.1) is 5.54 Å². The predicted octanol–water partition coefficient (Wildman–Crippen LogP) is 1.29. The molecule has 1 saturated carbocycles. The van der Waals surface area contributed by atoms with Crippen molar-refractivity contribution in [3.05, 3.63) is 35.9 Å². The third-order valence-corrected chi connectivity index (χ3v) is 3.83. The van der Waals surface area contributed by atoms with E-state index in [1.54, 1.807) is 0 Å². The second-order valence-corrected chi connectivity index (χ2v) is 5.12. The van der Waals surface area contributed by atoms with Gasteiger partial charge in [0.2, 0.25) is 0 Å². The van der Waals surface area contributed by atoms with Crippen LogP contribution in [0.15, 0.2) is 30.3 Å². The molecule has 3 rings (SSSR count). The largest absolute Gasteiger partial charge is 0.328 e. The molecule has 1 saturated heterocycles. The van der Waals surface area contributed by atoms with Gasteiger partial charge < -0.3 is 15.5 Å². The van der Waals surface area contributed by atoms with Crippen LogP contribution in [-0.4, -0.2) is 37.1 Å². The fourth-order valence-electron chi connectivity index (χ4n) is 2.52. The highest BCUT2D eigenvalue weighted by Crippen LogP contribution is 2.45.